The second-order valence-electron chi connectivity index (χ2n) is 4.85. The molecule has 2 unspecified atom stereocenters. The predicted octanol–water partition coefficient (Wildman–Crippen LogP) is 0.538. The van der Waals surface area contributed by atoms with Crippen molar-refractivity contribution in [3.05, 3.63) is 22.6 Å². The molecule has 1 aliphatic rings. The Morgan fingerprint density at radius 3 is 3.05 bits per heavy atom. The maximum Gasteiger partial charge on any atom is 0.270 e. The molecule has 1 aliphatic heterocycles. The Balaban J connectivity index is 1.93. The average molecular weight is 267 g/mol. The van der Waals surface area contributed by atoms with Crippen LogP contribution in [-0.2, 0) is 11.3 Å². The van der Waals surface area contributed by atoms with Crippen LogP contribution in [0.5, 0.6) is 5.75 Å². The molecular formula is C13H21N3O3. The third-order valence-electron chi connectivity index (χ3n) is 3.16. The van der Waals surface area contributed by atoms with E-state index in [-0.39, 0.29) is 17.8 Å². The van der Waals surface area contributed by atoms with Crippen LogP contribution in [0.25, 0.3) is 0 Å². The van der Waals surface area contributed by atoms with Gasteiger partial charge in [0, 0.05) is 6.07 Å². The zero-order valence-electron chi connectivity index (χ0n) is 11.2. The monoisotopic (exact) mass is 267 g/mol. The number of ether oxygens (including phenoxy) is 2. The summed E-state index contributed by atoms with van der Waals surface area (Å²) in [6, 6.07) is 1.46. The van der Waals surface area contributed by atoms with Crippen LogP contribution in [-0.4, -0.2) is 35.1 Å². The molecule has 0 saturated carbocycles. The van der Waals surface area contributed by atoms with E-state index in [0.717, 1.165) is 19.3 Å². The number of nitrogens with zero attached hydrogens (tertiary/aromatic N) is 2. The zero-order chi connectivity index (χ0) is 13.7. The molecule has 0 bridgehead atoms. The number of hydrogen-bond donors (Lipinski definition) is 1. The fraction of sp³-hybridized carbons (Fsp3) is 0.692. The van der Waals surface area contributed by atoms with Gasteiger partial charge in [-0.15, -0.1) is 0 Å². The molecule has 2 heterocycles. The summed E-state index contributed by atoms with van der Waals surface area (Å²) in [4.78, 5) is 11.9. The van der Waals surface area contributed by atoms with E-state index in [1.807, 2.05) is 6.92 Å². The van der Waals surface area contributed by atoms with Crippen LogP contribution in [0.4, 0.5) is 0 Å². The smallest absolute Gasteiger partial charge is 0.270 e. The summed E-state index contributed by atoms with van der Waals surface area (Å²) in [6.07, 6.45) is 4.71. The number of nitrogens with two attached hydrogens (primary N) is 1. The first-order valence-corrected chi connectivity index (χ1v) is 6.74. The van der Waals surface area contributed by atoms with Crippen LogP contribution in [0.3, 0.4) is 0 Å². The Morgan fingerprint density at radius 2 is 2.42 bits per heavy atom. The highest BCUT2D eigenvalue weighted by molar-refractivity contribution is 5.13. The van der Waals surface area contributed by atoms with Crippen molar-refractivity contribution in [2.75, 3.05) is 13.2 Å². The highest BCUT2D eigenvalue weighted by atomic mass is 16.5. The van der Waals surface area contributed by atoms with Gasteiger partial charge >= 0.3 is 0 Å². The highest BCUT2D eigenvalue weighted by Crippen LogP contribution is 2.19. The maximum atomic E-state index is 11.9. The molecule has 1 aromatic heterocycles. The molecular weight excluding hydrogens is 246 g/mol. The van der Waals surface area contributed by atoms with Crippen LogP contribution in [0.15, 0.2) is 17.1 Å². The van der Waals surface area contributed by atoms with Crippen LogP contribution < -0.4 is 16.0 Å². The molecule has 6 nitrogen and oxygen atoms in total. The number of aromatic nitrogens is 2. The normalized spacial score (nSPS) is 22.6. The van der Waals surface area contributed by atoms with E-state index >= 15 is 0 Å². The van der Waals surface area contributed by atoms with Crippen molar-refractivity contribution in [2.24, 2.45) is 5.73 Å². The second-order valence-corrected chi connectivity index (χ2v) is 4.85. The third-order valence-corrected chi connectivity index (χ3v) is 3.16. The van der Waals surface area contributed by atoms with Gasteiger partial charge in [0.15, 0.2) is 0 Å². The van der Waals surface area contributed by atoms with Crippen LogP contribution in [0, 0.1) is 0 Å². The first-order valence-electron chi connectivity index (χ1n) is 6.74. The number of rotatable bonds is 6. The molecule has 2 atom stereocenters. The van der Waals surface area contributed by atoms with Crippen LogP contribution in [0.1, 0.15) is 26.2 Å². The van der Waals surface area contributed by atoms with Gasteiger partial charge in [-0.2, -0.15) is 5.10 Å². The summed E-state index contributed by atoms with van der Waals surface area (Å²) in [5, 5.41) is 4.11. The lowest BCUT2D eigenvalue weighted by Gasteiger charge is -2.12. The van der Waals surface area contributed by atoms with Gasteiger partial charge < -0.3 is 15.2 Å². The van der Waals surface area contributed by atoms with E-state index in [2.05, 4.69) is 5.10 Å². The lowest BCUT2D eigenvalue weighted by atomic mass is 10.2. The molecule has 106 valence electrons. The lowest BCUT2D eigenvalue weighted by molar-refractivity contribution is 0.0427. The minimum absolute atomic E-state index is 0.0872. The van der Waals surface area contributed by atoms with Crippen LogP contribution >= 0.6 is 0 Å². The summed E-state index contributed by atoms with van der Waals surface area (Å²) in [6.45, 7) is 3.63. The molecule has 1 saturated heterocycles. The first-order chi connectivity index (χ1) is 9.19. The van der Waals surface area contributed by atoms with E-state index in [1.54, 1.807) is 6.20 Å². The molecule has 6 heteroatoms. The van der Waals surface area contributed by atoms with Gasteiger partial charge in [0.05, 0.1) is 31.6 Å². The largest absolute Gasteiger partial charge is 0.492 e. The van der Waals surface area contributed by atoms with E-state index in [4.69, 9.17) is 15.2 Å². The lowest BCUT2D eigenvalue weighted by Crippen LogP contribution is -2.28. The summed E-state index contributed by atoms with van der Waals surface area (Å²) >= 11 is 0. The van der Waals surface area contributed by atoms with Gasteiger partial charge in [0.1, 0.15) is 5.75 Å². The predicted molar refractivity (Wildman–Crippen MR) is 71.2 cm³/mol. The Labute approximate surface area is 112 Å². The molecule has 19 heavy (non-hydrogen) atoms. The zero-order valence-corrected chi connectivity index (χ0v) is 11.2. The second kappa shape index (κ2) is 6.68. The van der Waals surface area contributed by atoms with Gasteiger partial charge in [0.25, 0.3) is 5.56 Å². The Morgan fingerprint density at radius 1 is 1.58 bits per heavy atom. The first kappa shape index (κ1) is 14.0. The van der Waals surface area contributed by atoms with Gasteiger partial charge in [-0.05, 0) is 32.7 Å². The average Bonchev–Trinajstić information content (AvgIpc) is 2.79. The van der Waals surface area contributed by atoms with Crippen molar-refractivity contribution in [1.82, 2.24) is 9.78 Å². The van der Waals surface area contributed by atoms with Gasteiger partial charge in [-0.1, -0.05) is 0 Å². The van der Waals surface area contributed by atoms with Gasteiger partial charge in [0.2, 0.25) is 0 Å². The SMILES string of the molecule is CC1CCC(Cn2ncc(OCCCN)cc2=O)O1. The van der Waals surface area contributed by atoms with E-state index in [9.17, 15) is 4.79 Å². The Kier molecular flexibility index (Phi) is 4.93. The minimum atomic E-state index is -0.159. The Bertz CT molecular complexity index is 461. The molecule has 0 aliphatic carbocycles. The number of hydrogen-bond acceptors (Lipinski definition) is 5. The highest BCUT2D eigenvalue weighted by Gasteiger charge is 2.22. The molecule has 1 aromatic rings. The van der Waals surface area contributed by atoms with Crippen molar-refractivity contribution in [3.63, 3.8) is 0 Å². The summed E-state index contributed by atoms with van der Waals surface area (Å²) in [7, 11) is 0. The maximum absolute atomic E-state index is 11.9. The van der Waals surface area contributed by atoms with Crippen molar-refractivity contribution in [2.45, 2.75) is 44.9 Å². The van der Waals surface area contributed by atoms with Crippen molar-refractivity contribution in [3.8, 4) is 5.75 Å². The van der Waals surface area contributed by atoms with Crippen molar-refractivity contribution < 1.29 is 9.47 Å². The van der Waals surface area contributed by atoms with E-state index in [0.29, 0.717) is 25.4 Å². The summed E-state index contributed by atoms with van der Waals surface area (Å²) < 4.78 is 12.5. The van der Waals surface area contributed by atoms with E-state index in [1.165, 1.54) is 10.7 Å². The molecule has 0 spiro atoms. The van der Waals surface area contributed by atoms with E-state index < -0.39 is 0 Å². The van der Waals surface area contributed by atoms with Crippen LogP contribution in [0.2, 0.25) is 0 Å². The standard InChI is InChI=1S/C13H21N3O3/c1-10-3-4-11(19-10)9-16-13(17)7-12(8-15-16)18-6-2-5-14/h7-8,10-11H,2-6,9,14H2,1H3. The van der Waals surface area contributed by atoms with Crippen molar-refractivity contribution in [1.29, 1.82) is 0 Å². The molecule has 0 amide bonds. The molecule has 2 rings (SSSR count). The molecule has 0 aromatic carbocycles. The quantitative estimate of drug-likeness (QED) is 0.761. The summed E-state index contributed by atoms with van der Waals surface area (Å²) in [5.41, 5.74) is 5.21. The topological polar surface area (TPSA) is 79.4 Å². The fourth-order valence-electron chi connectivity index (χ4n) is 2.12. The van der Waals surface area contributed by atoms with Gasteiger partial charge in [-0.25, -0.2) is 4.68 Å². The molecule has 1 fully saturated rings. The molecule has 2 N–H and O–H groups in total. The van der Waals surface area contributed by atoms with Crippen molar-refractivity contribution >= 4 is 0 Å². The summed E-state index contributed by atoms with van der Waals surface area (Å²) in [5.74, 6) is 0.496. The minimum Gasteiger partial charge on any atom is -0.492 e. The third kappa shape index (κ3) is 4.04. The Hall–Kier alpha value is -1.40. The fourth-order valence-corrected chi connectivity index (χ4v) is 2.12. The molecule has 0 radical (unpaired) electrons. The van der Waals surface area contributed by atoms with Gasteiger partial charge in [-0.3, -0.25) is 4.79 Å².